The van der Waals surface area contributed by atoms with Crippen LogP contribution in [0.3, 0.4) is 0 Å². The highest BCUT2D eigenvalue weighted by Crippen LogP contribution is 2.24. The molecule has 7 heteroatoms. The van der Waals surface area contributed by atoms with Gasteiger partial charge in [-0.3, -0.25) is 4.99 Å². The van der Waals surface area contributed by atoms with Crippen molar-refractivity contribution < 1.29 is 4.42 Å². The molecule has 0 aromatic carbocycles. The predicted molar refractivity (Wildman–Crippen MR) is 98.9 cm³/mol. The second-order valence-corrected chi connectivity index (χ2v) is 6.96. The lowest BCUT2D eigenvalue weighted by atomic mass is 10.1. The van der Waals surface area contributed by atoms with Crippen LogP contribution in [0, 0.1) is 13.8 Å². The number of hydrogen-bond acceptors (Lipinski definition) is 5. The van der Waals surface area contributed by atoms with Crippen LogP contribution < -0.4 is 15.5 Å². The van der Waals surface area contributed by atoms with Gasteiger partial charge in [0, 0.05) is 26.2 Å². The van der Waals surface area contributed by atoms with Crippen molar-refractivity contribution in [3.8, 4) is 0 Å². The van der Waals surface area contributed by atoms with Crippen molar-refractivity contribution >= 4 is 22.3 Å². The number of hydrogen-bond donors (Lipinski definition) is 2. The van der Waals surface area contributed by atoms with E-state index in [9.17, 15) is 0 Å². The predicted octanol–water partition coefficient (Wildman–Crippen LogP) is 2.69. The average molecular weight is 347 g/mol. The molecule has 0 aliphatic carbocycles. The van der Waals surface area contributed by atoms with Gasteiger partial charge < -0.3 is 20.0 Å². The summed E-state index contributed by atoms with van der Waals surface area (Å²) in [7, 11) is 1.79. The number of aromatic nitrogens is 1. The number of piperidine rings is 1. The maximum atomic E-state index is 5.59. The van der Waals surface area contributed by atoms with Crippen LogP contribution in [0.15, 0.2) is 26.9 Å². The third kappa shape index (κ3) is 4.08. The van der Waals surface area contributed by atoms with Gasteiger partial charge in [0.1, 0.15) is 5.76 Å². The summed E-state index contributed by atoms with van der Waals surface area (Å²) >= 11 is 1.81. The summed E-state index contributed by atoms with van der Waals surface area (Å²) < 4.78 is 5.59. The molecule has 1 saturated heterocycles. The SMILES string of the molecule is CN=C(NCc1nc(C)c(C)o1)NC1CCN(c2cccs2)CC1. The molecule has 0 amide bonds. The Kier molecular flexibility index (Phi) is 5.40. The van der Waals surface area contributed by atoms with Crippen LogP contribution >= 0.6 is 11.3 Å². The van der Waals surface area contributed by atoms with E-state index in [0.717, 1.165) is 43.3 Å². The fourth-order valence-corrected chi connectivity index (χ4v) is 3.64. The van der Waals surface area contributed by atoms with Crippen LogP contribution in [-0.2, 0) is 6.54 Å². The fourth-order valence-electron chi connectivity index (χ4n) is 2.86. The zero-order valence-electron chi connectivity index (χ0n) is 14.5. The Morgan fingerprint density at radius 2 is 2.21 bits per heavy atom. The number of aliphatic imine (C=N–C) groups is 1. The lowest BCUT2D eigenvalue weighted by Gasteiger charge is -2.33. The number of nitrogens with zero attached hydrogens (tertiary/aromatic N) is 3. The van der Waals surface area contributed by atoms with Gasteiger partial charge in [-0.1, -0.05) is 0 Å². The number of anilines is 1. The molecule has 6 nitrogen and oxygen atoms in total. The largest absolute Gasteiger partial charge is 0.444 e. The van der Waals surface area contributed by atoms with Gasteiger partial charge in [-0.05, 0) is 44.2 Å². The van der Waals surface area contributed by atoms with Crippen molar-refractivity contribution in [1.82, 2.24) is 15.6 Å². The Labute approximate surface area is 147 Å². The fraction of sp³-hybridized carbons (Fsp3) is 0.529. The molecule has 0 radical (unpaired) electrons. The molecular formula is C17H25N5OS. The van der Waals surface area contributed by atoms with Crippen molar-refractivity contribution in [2.45, 2.75) is 39.3 Å². The zero-order chi connectivity index (χ0) is 16.9. The van der Waals surface area contributed by atoms with Gasteiger partial charge in [-0.25, -0.2) is 4.98 Å². The molecule has 3 rings (SSSR count). The number of nitrogens with one attached hydrogen (secondary N) is 2. The van der Waals surface area contributed by atoms with Gasteiger partial charge in [0.2, 0.25) is 5.89 Å². The van der Waals surface area contributed by atoms with Crippen molar-refractivity contribution in [2.75, 3.05) is 25.0 Å². The maximum Gasteiger partial charge on any atom is 0.214 e. The van der Waals surface area contributed by atoms with Crippen LogP contribution in [0.2, 0.25) is 0 Å². The van der Waals surface area contributed by atoms with E-state index < -0.39 is 0 Å². The van der Waals surface area contributed by atoms with Crippen molar-refractivity contribution in [1.29, 1.82) is 0 Å². The lowest BCUT2D eigenvalue weighted by molar-refractivity contribution is 0.449. The first-order valence-electron chi connectivity index (χ1n) is 8.34. The normalized spacial score (nSPS) is 16.5. The van der Waals surface area contributed by atoms with Gasteiger partial charge in [0.15, 0.2) is 5.96 Å². The van der Waals surface area contributed by atoms with Gasteiger partial charge in [-0.2, -0.15) is 0 Å². The van der Waals surface area contributed by atoms with Crippen molar-refractivity contribution in [3.05, 3.63) is 34.9 Å². The van der Waals surface area contributed by atoms with Crippen LogP contribution in [0.1, 0.15) is 30.2 Å². The molecule has 1 aliphatic rings. The molecule has 1 fully saturated rings. The second kappa shape index (κ2) is 7.70. The molecule has 130 valence electrons. The van der Waals surface area contributed by atoms with E-state index in [1.807, 2.05) is 25.2 Å². The van der Waals surface area contributed by atoms with Crippen LogP contribution in [-0.4, -0.2) is 37.1 Å². The van der Waals surface area contributed by atoms with E-state index in [1.165, 1.54) is 5.00 Å². The topological polar surface area (TPSA) is 65.7 Å². The van der Waals surface area contributed by atoms with E-state index in [1.54, 1.807) is 7.05 Å². The molecular weight excluding hydrogens is 322 g/mol. The highest BCUT2D eigenvalue weighted by molar-refractivity contribution is 7.14. The smallest absolute Gasteiger partial charge is 0.214 e. The van der Waals surface area contributed by atoms with Gasteiger partial charge in [-0.15, -0.1) is 11.3 Å². The van der Waals surface area contributed by atoms with Crippen molar-refractivity contribution in [3.63, 3.8) is 0 Å². The maximum absolute atomic E-state index is 5.59. The minimum atomic E-state index is 0.445. The summed E-state index contributed by atoms with van der Waals surface area (Å²) in [5, 5.41) is 10.3. The standard InChI is InChI=1S/C17H25N5OS/c1-12-13(2)23-15(20-12)11-19-17(18-3)21-14-6-8-22(9-7-14)16-5-4-10-24-16/h4-5,10,14H,6-9,11H2,1-3H3,(H2,18,19,21). The number of oxazole rings is 1. The third-order valence-corrected chi connectivity index (χ3v) is 5.29. The second-order valence-electron chi connectivity index (χ2n) is 6.03. The first-order chi connectivity index (χ1) is 11.7. The molecule has 2 N–H and O–H groups in total. The summed E-state index contributed by atoms with van der Waals surface area (Å²) in [5.74, 6) is 2.37. The lowest BCUT2D eigenvalue weighted by Crippen LogP contribution is -2.48. The van der Waals surface area contributed by atoms with E-state index in [0.29, 0.717) is 18.5 Å². The summed E-state index contributed by atoms with van der Waals surface area (Å²) in [6, 6.07) is 4.75. The van der Waals surface area contributed by atoms with E-state index >= 15 is 0 Å². The van der Waals surface area contributed by atoms with Gasteiger partial charge in [0.05, 0.1) is 17.2 Å². The van der Waals surface area contributed by atoms with Crippen LogP contribution in [0.25, 0.3) is 0 Å². The monoisotopic (exact) mass is 347 g/mol. The van der Waals surface area contributed by atoms with E-state index in [2.05, 4.69) is 43.0 Å². The Bertz CT molecular complexity index is 652. The number of aryl methyl sites for hydroxylation is 2. The molecule has 0 spiro atoms. The Balaban J connectivity index is 1.46. The molecule has 0 atom stereocenters. The third-order valence-electron chi connectivity index (χ3n) is 4.36. The summed E-state index contributed by atoms with van der Waals surface area (Å²) in [6.45, 7) is 6.58. The minimum Gasteiger partial charge on any atom is -0.444 e. The zero-order valence-corrected chi connectivity index (χ0v) is 15.3. The highest BCUT2D eigenvalue weighted by atomic mass is 32.1. The molecule has 0 bridgehead atoms. The number of guanidine groups is 1. The summed E-state index contributed by atoms with van der Waals surface area (Å²) in [4.78, 5) is 11.1. The minimum absolute atomic E-state index is 0.445. The van der Waals surface area contributed by atoms with Crippen molar-refractivity contribution in [2.24, 2.45) is 4.99 Å². The Morgan fingerprint density at radius 1 is 1.42 bits per heavy atom. The van der Waals surface area contributed by atoms with Gasteiger partial charge >= 0.3 is 0 Å². The highest BCUT2D eigenvalue weighted by Gasteiger charge is 2.20. The summed E-state index contributed by atoms with van der Waals surface area (Å²) in [6.07, 6.45) is 2.21. The van der Waals surface area contributed by atoms with Gasteiger partial charge in [0.25, 0.3) is 0 Å². The Morgan fingerprint density at radius 3 is 2.79 bits per heavy atom. The molecule has 0 unspecified atom stereocenters. The number of rotatable bonds is 4. The van der Waals surface area contributed by atoms with E-state index in [-0.39, 0.29) is 0 Å². The molecule has 3 heterocycles. The van der Waals surface area contributed by atoms with Crippen LogP contribution in [0.5, 0.6) is 0 Å². The Hall–Kier alpha value is -2.02. The average Bonchev–Trinajstić information content (AvgIpc) is 3.23. The molecule has 2 aromatic heterocycles. The molecule has 1 aliphatic heterocycles. The quantitative estimate of drug-likeness (QED) is 0.657. The molecule has 24 heavy (non-hydrogen) atoms. The molecule has 2 aromatic rings. The van der Waals surface area contributed by atoms with Crippen LogP contribution in [0.4, 0.5) is 5.00 Å². The summed E-state index contributed by atoms with van der Waals surface area (Å²) in [5.41, 5.74) is 0.940. The first-order valence-corrected chi connectivity index (χ1v) is 9.22. The van der Waals surface area contributed by atoms with E-state index in [4.69, 9.17) is 4.42 Å². The molecule has 0 saturated carbocycles. The first kappa shape index (κ1) is 16.8. The number of thiophene rings is 1.